The van der Waals surface area contributed by atoms with Crippen LogP contribution in [0.4, 0.5) is 0 Å². The highest BCUT2D eigenvalue weighted by Crippen LogP contribution is 2.48. The van der Waals surface area contributed by atoms with Crippen molar-refractivity contribution in [3.05, 3.63) is 35.2 Å². The molecule has 0 saturated carbocycles. The largest absolute Gasteiger partial charge is 0.480 e. The lowest BCUT2D eigenvalue weighted by atomic mass is 9.95. The van der Waals surface area contributed by atoms with E-state index in [2.05, 4.69) is 4.98 Å². The van der Waals surface area contributed by atoms with Crippen LogP contribution in [0.2, 0.25) is 0 Å². The number of carboxylic acids is 1. The average molecular weight is 352 g/mol. The van der Waals surface area contributed by atoms with E-state index in [9.17, 15) is 23.1 Å². The zero-order chi connectivity index (χ0) is 17.9. The number of aliphatic carboxylic acids is 1. The van der Waals surface area contributed by atoms with Gasteiger partial charge >= 0.3 is 5.97 Å². The molecule has 2 aliphatic rings. The van der Waals surface area contributed by atoms with Gasteiger partial charge in [0.1, 0.15) is 4.75 Å². The molecule has 9 heteroatoms. The van der Waals surface area contributed by atoms with Crippen molar-refractivity contribution in [3.63, 3.8) is 0 Å². The molecule has 128 valence electrons. The van der Waals surface area contributed by atoms with Crippen LogP contribution in [0.3, 0.4) is 0 Å². The molecule has 2 atom stereocenters. The quantitative estimate of drug-likeness (QED) is 0.569. The number of aromatic nitrogens is 1. The number of rotatable bonds is 3. The summed E-state index contributed by atoms with van der Waals surface area (Å²) in [5, 5.41) is 17.1. The molecule has 2 aliphatic heterocycles. The van der Waals surface area contributed by atoms with Crippen LogP contribution in [0.25, 0.3) is 6.08 Å². The van der Waals surface area contributed by atoms with Gasteiger partial charge in [0, 0.05) is 6.20 Å². The lowest BCUT2D eigenvalue weighted by molar-refractivity contribution is -0.152. The molecule has 2 N–H and O–H groups in total. The Morgan fingerprint density at radius 1 is 1.42 bits per heavy atom. The minimum Gasteiger partial charge on any atom is -0.480 e. The molecule has 24 heavy (non-hydrogen) atoms. The number of fused-ring (bicyclic) bond motifs is 1. The lowest BCUT2D eigenvalue weighted by Gasteiger charge is -2.37. The van der Waals surface area contributed by atoms with Crippen molar-refractivity contribution >= 4 is 27.8 Å². The van der Waals surface area contributed by atoms with E-state index >= 15 is 0 Å². The van der Waals surface area contributed by atoms with Gasteiger partial charge < -0.3 is 15.1 Å². The van der Waals surface area contributed by atoms with E-state index in [0.29, 0.717) is 11.3 Å². The highest BCUT2D eigenvalue weighted by Gasteiger charge is 2.70. The number of hydrogen-bond acceptors (Lipinski definition) is 6. The highest BCUT2D eigenvalue weighted by atomic mass is 32.2. The Balaban J connectivity index is 2.04. The van der Waals surface area contributed by atoms with Crippen LogP contribution in [-0.2, 0) is 26.0 Å². The molecule has 1 aromatic rings. The molecule has 0 bridgehead atoms. The van der Waals surface area contributed by atoms with Gasteiger partial charge in [-0.25, -0.2) is 13.2 Å². The molecule has 1 amide bonds. The molecule has 0 radical (unpaired) electrons. The maximum Gasteiger partial charge on any atom is 0.328 e. The Morgan fingerprint density at radius 3 is 2.58 bits per heavy atom. The molecule has 0 aliphatic carbocycles. The number of hydrogen-bond donors (Lipinski definition) is 2. The van der Waals surface area contributed by atoms with E-state index in [4.69, 9.17) is 5.11 Å². The number of amides is 1. The summed E-state index contributed by atoms with van der Waals surface area (Å²) < 4.78 is 23.8. The van der Waals surface area contributed by atoms with Crippen LogP contribution < -0.4 is 0 Å². The number of pyridine rings is 1. The monoisotopic (exact) mass is 352 g/mol. The summed E-state index contributed by atoms with van der Waals surface area (Å²) in [5.74, 6) is -1.96. The van der Waals surface area contributed by atoms with Crippen LogP contribution in [0.15, 0.2) is 23.9 Å². The fraction of sp³-hybridized carbons (Fsp3) is 0.400. The van der Waals surface area contributed by atoms with Crippen LogP contribution in [-0.4, -0.2) is 56.6 Å². The molecule has 8 nitrogen and oxygen atoms in total. The predicted molar refractivity (Wildman–Crippen MR) is 83.2 cm³/mol. The van der Waals surface area contributed by atoms with Gasteiger partial charge in [-0.1, -0.05) is 6.07 Å². The van der Waals surface area contributed by atoms with E-state index in [1.165, 1.54) is 26.1 Å². The van der Waals surface area contributed by atoms with Gasteiger partial charge in [-0.2, -0.15) is 0 Å². The van der Waals surface area contributed by atoms with Crippen molar-refractivity contribution < 1.29 is 28.2 Å². The summed E-state index contributed by atoms with van der Waals surface area (Å²) in [6.45, 7) is 2.46. The van der Waals surface area contributed by atoms with Crippen molar-refractivity contribution in [2.45, 2.75) is 36.6 Å². The molecular formula is C15H16N2O6S. The van der Waals surface area contributed by atoms with Gasteiger partial charge in [0.2, 0.25) is 0 Å². The van der Waals surface area contributed by atoms with Gasteiger partial charge in [0.15, 0.2) is 21.3 Å². The van der Waals surface area contributed by atoms with Gasteiger partial charge in [0.25, 0.3) is 5.91 Å². The smallest absolute Gasteiger partial charge is 0.328 e. The molecule has 2 saturated heterocycles. The first-order valence-corrected chi connectivity index (χ1v) is 8.74. The highest BCUT2D eigenvalue weighted by molar-refractivity contribution is 7.94. The topological polar surface area (TPSA) is 125 Å². The Kier molecular flexibility index (Phi) is 3.54. The normalized spacial score (nSPS) is 28.5. The minimum absolute atomic E-state index is 0.0103. The molecule has 1 aromatic heterocycles. The molecule has 3 heterocycles. The summed E-state index contributed by atoms with van der Waals surface area (Å²) in [4.78, 5) is 28.7. The maximum atomic E-state index is 12.7. The minimum atomic E-state index is -3.89. The lowest BCUT2D eigenvalue weighted by Crippen LogP contribution is -2.58. The van der Waals surface area contributed by atoms with Gasteiger partial charge in [-0.15, -0.1) is 0 Å². The van der Waals surface area contributed by atoms with E-state index in [1.807, 2.05) is 0 Å². The first kappa shape index (κ1) is 16.6. The maximum absolute atomic E-state index is 12.7. The first-order valence-electron chi connectivity index (χ1n) is 7.19. The van der Waals surface area contributed by atoms with Crippen molar-refractivity contribution in [3.8, 4) is 0 Å². The Morgan fingerprint density at radius 2 is 2.08 bits per heavy atom. The van der Waals surface area contributed by atoms with E-state index < -0.39 is 37.9 Å². The van der Waals surface area contributed by atoms with Crippen LogP contribution in [0.5, 0.6) is 0 Å². The SMILES string of the molecule is CC1(C)[C@H](C(=O)O)N2C(=O)/C(=C/c3ccc(CO)cn3)[C@H]2S1(=O)=O. The third-order valence-electron chi connectivity index (χ3n) is 4.53. The van der Waals surface area contributed by atoms with Crippen LogP contribution in [0, 0.1) is 0 Å². The second-order valence-electron chi connectivity index (χ2n) is 6.30. The molecule has 2 fully saturated rings. The molecular weight excluding hydrogens is 336 g/mol. The fourth-order valence-corrected chi connectivity index (χ4v) is 5.24. The van der Waals surface area contributed by atoms with Gasteiger partial charge in [0.05, 0.1) is 17.9 Å². The predicted octanol–water partition coefficient (Wildman–Crippen LogP) is -0.214. The fourth-order valence-electron chi connectivity index (χ4n) is 3.12. The summed E-state index contributed by atoms with van der Waals surface area (Å²) in [5.41, 5.74) is 0.956. The number of carbonyl (C=O) groups is 2. The standard InChI is InChI=1S/C15H16N2O6S/c1-15(2)11(14(20)21)17-12(19)10(13(17)24(15,22)23)5-9-4-3-8(7-18)6-16-9/h3-6,11,13,18H,7H2,1-2H3,(H,20,21)/b10-5-/t11-,13+/m0/s1. The van der Waals surface area contributed by atoms with E-state index in [-0.39, 0.29) is 12.2 Å². The molecule has 0 unspecified atom stereocenters. The third-order valence-corrected chi connectivity index (χ3v) is 7.29. The molecule has 0 spiro atoms. The molecule has 0 aromatic carbocycles. The second kappa shape index (κ2) is 5.12. The van der Waals surface area contributed by atoms with Gasteiger partial charge in [-0.05, 0) is 31.6 Å². The van der Waals surface area contributed by atoms with Crippen molar-refractivity contribution in [2.24, 2.45) is 0 Å². The zero-order valence-corrected chi connectivity index (χ0v) is 13.8. The number of nitrogens with zero attached hydrogens (tertiary/aromatic N) is 2. The number of sulfone groups is 1. The number of carbonyl (C=O) groups excluding carboxylic acids is 1. The first-order chi connectivity index (χ1) is 11.1. The summed E-state index contributed by atoms with van der Waals surface area (Å²) in [6.07, 6.45) is 2.77. The Labute approximate surface area is 138 Å². The zero-order valence-electron chi connectivity index (χ0n) is 13.0. The number of aliphatic hydroxyl groups is 1. The van der Waals surface area contributed by atoms with E-state index in [0.717, 1.165) is 4.90 Å². The van der Waals surface area contributed by atoms with Crippen molar-refractivity contribution in [1.82, 2.24) is 9.88 Å². The van der Waals surface area contributed by atoms with E-state index in [1.54, 1.807) is 12.1 Å². The number of β-lactam (4-membered cyclic amide) rings is 1. The van der Waals surface area contributed by atoms with Crippen molar-refractivity contribution in [2.75, 3.05) is 0 Å². The van der Waals surface area contributed by atoms with Crippen LogP contribution >= 0.6 is 0 Å². The third kappa shape index (κ3) is 2.01. The number of carboxylic acid groups (broad SMARTS) is 1. The summed E-state index contributed by atoms with van der Waals surface area (Å²) >= 11 is 0. The van der Waals surface area contributed by atoms with Crippen molar-refractivity contribution in [1.29, 1.82) is 0 Å². The van der Waals surface area contributed by atoms with Crippen LogP contribution in [0.1, 0.15) is 25.1 Å². The average Bonchev–Trinajstić information content (AvgIpc) is 2.66. The number of aliphatic hydroxyl groups excluding tert-OH is 1. The summed E-state index contributed by atoms with van der Waals surface area (Å²) in [6, 6.07) is 1.74. The Bertz CT molecular complexity index is 856. The Hall–Kier alpha value is -2.26. The van der Waals surface area contributed by atoms with Gasteiger partial charge in [-0.3, -0.25) is 9.78 Å². The second-order valence-corrected chi connectivity index (χ2v) is 8.89. The molecule has 3 rings (SSSR count). The summed E-state index contributed by atoms with van der Waals surface area (Å²) in [7, 11) is -3.89.